The fourth-order valence-corrected chi connectivity index (χ4v) is 10.6. The molecule has 6 amide bonds. The van der Waals surface area contributed by atoms with E-state index in [4.69, 9.17) is 0 Å². The number of unbranched alkanes of at least 4 members (excludes halogenated alkanes) is 5. The third-order valence-corrected chi connectivity index (χ3v) is 15.7. The predicted octanol–water partition coefficient (Wildman–Crippen LogP) is 6.63. The first-order chi connectivity index (χ1) is 32.2. The Hall–Kier alpha value is -3.86. The van der Waals surface area contributed by atoms with Crippen LogP contribution in [0.3, 0.4) is 0 Å². The van der Waals surface area contributed by atoms with Crippen LogP contribution in [0, 0.1) is 10.8 Å². The maximum absolute atomic E-state index is 14.2. The average Bonchev–Trinajstić information content (AvgIpc) is 4.16. The van der Waals surface area contributed by atoms with Gasteiger partial charge in [-0.1, -0.05) is 79.4 Å². The summed E-state index contributed by atoms with van der Waals surface area (Å²) in [5.74, 6) is -0.371. The number of nitrogens with one attached hydrogen (secondary N) is 4. The monoisotopic (exact) mass is 983 g/mol. The van der Waals surface area contributed by atoms with Crippen LogP contribution in [0.1, 0.15) is 142 Å². The number of hydrogen-bond acceptors (Lipinski definition) is 10. The minimum atomic E-state index is -0.683. The lowest BCUT2D eigenvalue weighted by Crippen LogP contribution is -2.59. The number of amides is 6. The van der Waals surface area contributed by atoms with Crippen LogP contribution < -0.4 is 21.3 Å². The maximum atomic E-state index is 14.2. The van der Waals surface area contributed by atoms with Gasteiger partial charge in [0.25, 0.3) is 0 Å². The molecule has 4 rings (SSSR count). The van der Waals surface area contributed by atoms with Gasteiger partial charge in [-0.05, 0) is 113 Å². The van der Waals surface area contributed by atoms with Gasteiger partial charge in [0, 0.05) is 73.9 Å². The highest BCUT2D eigenvalue weighted by atomic mass is 32.1. The SMILES string of the molecule is CN[C@@H](C)C(=O)N[C@H](C(=O)N1CCC[C@H]1CN(CCc1cccs1)C(=O)CCCCCCCCC(=O)N(CCc1cccs1)C[C@@H]1CCCN1C(=O)[C@@H](NC(=O)[C@H](C)NC)C(C)(C)C)C(C)(C)C. The van der Waals surface area contributed by atoms with Gasteiger partial charge in [-0.3, -0.25) is 28.8 Å². The van der Waals surface area contributed by atoms with Crippen LogP contribution in [0.25, 0.3) is 0 Å². The zero-order chi connectivity index (χ0) is 50.0. The van der Waals surface area contributed by atoms with E-state index in [1.807, 2.05) is 73.3 Å². The summed E-state index contributed by atoms with van der Waals surface area (Å²) >= 11 is 3.38. The van der Waals surface area contributed by atoms with Gasteiger partial charge in [0.1, 0.15) is 12.1 Å². The lowest BCUT2D eigenvalue weighted by Gasteiger charge is -2.37. The van der Waals surface area contributed by atoms with E-state index in [-0.39, 0.29) is 47.5 Å². The fourth-order valence-electron chi connectivity index (χ4n) is 9.18. The molecule has 0 saturated carbocycles. The Morgan fingerprint density at radius 3 is 1.31 bits per heavy atom. The van der Waals surface area contributed by atoms with Crippen molar-refractivity contribution in [3.8, 4) is 0 Å². The normalized spacial score (nSPS) is 18.2. The summed E-state index contributed by atoms with van der Waals surface area (Å²) < 4.78 is 0. The van der Waals surface area contributed by atoms with Gasteiger partial charge in [-0.2, -0.15) is 0 Å². The van der Waals surface area contributed by atoms with E-state index in [1.54, 1.807) is 50.6 Å². The predicted molar refractivity (Wildman–Crippen MR) is 275 cm³/mol. The summed E-state index contributed by atoms with van der Waals surface area (Å²) in [5.41, 5.74) is -0.986. The van der Waals surface area contributed by atoms with Crippen LogP contribution >= 0.6 is 22.7 Å². The average molecular weight is 983 g/mol. The van der Waals surface area contributed by atoms with E-state index in [9.17, 15) is 28.8 Å². The lowest BCUT2D eigenvalue weighted by molar-refractivity contribution is -0.142. The lowest BCUT2D eigenvalue weighted by atomic mass is 9.85. The van der Waals surface area contributed by atoms with Crippen molar-refractivity contribution in [3.05, 3.63) is 44.8 Å². The number of likely N-dealkylation sites (tertiary alicyclic amines) is 2. The molecule has 382 valence electrons. The molecule has 2 fully saturated rings. The molecule has 0 bridgehead atoms. The number of thiophene rings is 2. The summed E-state index contributed by atoms with van der Waals surface area (Å²) in [7, 11) is 3.45. The van der Waals surface area contributed by atoms with Crippen molar-refractivity contribution in [3.63, 3.8) is 0 Å². The van der Waals surface area contributed by atoms with E-state index >= 15 is 0 Å². The molecule has 0 aromatic carbocycles. The number of carbonyl (C=O) groups is 6. The molecular weight excluding hydrogens is 897 g/mol. The van der Waals surface area contributed by atoms with Gasteiger partial charge < -0.3 is 40.9 Å². The van der Waals surface area contributed by atoms with Crippen LogP contribution in [-0.4, -0.2) is 145 Å². The van der Waals surface area contributed by atoms with Crippen LogP contribution in [0.4, 0.5) is 0 Å². The first-order valence-electron chi connectivity index (χ1n) is 25.4. The molecule has 2 aromatic rings. The van der Waals surface area contributed by atoms with Crippen LogP contribution in [0.2, 0.25) is 0 Å². The van der Waals surface area contributed by atoms with Gasteiger partial charge in [0.15, 0.2) is 0 Å². The van der Waals surface area contributed by atoms with Crippen molar-refractivity contribution in [1.29, 1.82) is 0 Å². The molecule has 6 atom stereocenters. The number of hydrogen-bond donors (Lipinski definition) is 4. The first kappa shape index (κ1) is 56.7. The second-order valence-electron chi connectivity index (χ2n) is 21.3. The zero-order valence-electron chi connectivity index (χ0n) is 43.1. The highest BCUT2D eigenvalue weighted by Gasteiger charge is 2.42. The number of rotatable bonds is 27. The highest BCUT2D eigenvalue weighted by molar-refractivity contribution is 7.10. The standard InChI is InChI=1S/C52H86N8O6S2/c1-37(53-9)47(63)55-45(51(3,4)5)49(65)59-29-17-21-39(59)35-57(31-27-41-23-19-33-67-41)43(61)25-15-13-11-12-14-16-26-44(62)58(32-28-42-24-20-34-68-42)36-40-22-18-30-60(40)50(66)46(52(6,7)8)56-48(64)38(2)54-10/h19-20,23-24,33-34,37-40,45-46,53-54H,11-18,21-22,25-32,35-36H2,1-10H3,(H,55,63)(H,56,64)/t37-,38-,39-,40-,45+,46+/m0/s1. The van der Waals surface area contributed by atoms with Gasteiger partial charge in [-0.15, -0.1) is 22.7 Å². The molecule has 14 nitrogen and oxygen atoms in total. The van der Waals surface area contributed by atoms with Crippen molar-refractivity contribution in [2.24, 2.45) is 10.8 Å². The minimum absolute atomic E-state index is 0.0877. The Balaban J connectivity index is 1.29. The molecular formula is C52H86N8O6S2. The van der Waals surface area contributed by atoms with Crippen LogP contribution in [-0.2, 0) is 41.6 Å². The third kappa shape index (κ3) is 17.5. The molecule has 0 unspecified atom stereocenters. The van der Waals surface area contributed by atoms with E-state index in [2.05, 4.69) is 44.2 Å². The van der Waals surface area contributed by atoms with Crippen molar-refractivity contribution >= 4 is 58.1 Å². The van der Waals surface area contributed by atoms with E-state index in [1.165, 1.54) is 9.75 Å². The van der Waals surface area contributed by atoms with E-state index in [0.717, 1.165) is 77.0 Å². The maximum Gasteiger partial charge on any atom is 0.246 e. The Morgan fingerprint density at radius 2 is 0.985 bits per heavy atom. The highest BCUT2D eigenvalue weighted by Crippen LogP contribution is 2.29. The molecule has 0 radical (unpaired) electrons. The van der Waals surface area contributed by atoms with Gasteiger partial charge in [0.2, 0.25) is 35.4 Å². The smallest absolute Gasteiger partial charge is 0.246 e. The Kier molecular flexibility index (Phi) is 22.9. The third-order valence-electron chi connectivity index (χ3n) is 13.8. The second-order valence-corrected chi connectivity index (χ2v) is 23.3. The Labute approximate surface area is 416 Å². The van der Waals surface area contributed by atoms with Crippen LogP contribution in [0.15, 0.2) is 35.0 Å². The Bertz CT molecular complexity index is 1750. The summed E-state index contributed by atoms with van der Waals surface area (Å²) in [6.07, 6.45) is 11.1. The van der Waals surface area contributed by atoms with Gasteiger partial charge in [-0.25, -0.2) is 0 Å². The molecule has 0 aliphatic carbocycles. The summed E-state index contributed by atoms with van der Waals surface area (Å²) in [6.45, 7) is 18.8. The molecule has 68 heavy (non-hydrogen) atoms. The van der Waals surface area contributed by atoms with Crippen molar-refractivity contribution in [1.82, 2.24) is 40.9 Å². The van der Waals surface area contributed by atoms with Crippen LogP contribution in [0.5, 0.6) is 0 Å². The molecule has 2 aliphatic rings. The topological polar surface area (TPSA) is 163 Å². The molecule has 4 N–H and O–H groups in total. The van der Waals surface area contributed by atoms with E-state index < -0.39 is 35.0 Å². The summed E-state index contributed by atoms with van der Waals surface area (Å²) in [5, 5.41) is 16.1. The number of likely N-dealkylation sites (N-methyl/N-ethyl adjacent to an activating group) is 2. The quantitative estimate of drug-likeness (QED) is 0.0726. The molecule has 16 heteroatoms. The fraction of sp³-hybridized carbons (Fsp3) is 0.731. The summed E-state index contributed by atoms with van der Waals surface area (Å²) in [6, 6.07) is 5.82. The molecule has 0 spiro atoms. The molecule has 2 aromatic heterocycles. The largest absolute Gasteiger partial charge is 0.342 e. The van der Waals surface area contributed by atoms with Gasteiger partial charge in [0.05, 0.1) is 12.1 Å². The molecule has 4 heterocycles. The number of nitrogens with zero attached hydrogens (tertiary/aromatic N) is 4. The molecule has 2 aliphatic heterocycles. The van der Waals surface area contributed by atoms with Gasteiger partial charge >= 0.3 is 0 Å². The summed E-state index contributed by atoms with van der Waals surface area (Å²) in [4.78, 5) is 92.2. The molecule has 2 saturated heterocycles. The van der Waals surface area contributed by atoms with Crippen molar-refractivity contribution in [2.75, 3.05) is 53.4 Å². The van der Waals surface area contributed by atoms with Crippen molar-refractivity contribution < 1.29 is 28.8 Å². The number of carbonyl (C=O) groups excluding carboxylic acids is 6. The minimum Gasteiger partial charge on any atom is -0.342 e. The zero-order valence-corrected chi connectivity index (χ0v) is 44.8. The first-order valence-corrected chi connectivity index (χ1v) is 27.2. The second kappa shape index (κ2) is 27.5. The Morgan fingerprint density at radius 1 is 0.618 bits per heavy atom. The van der Waals surface area contributed by atoms with E-state index in [0.29, 0.717) is 52.1 Å². The van der Waals surface area contributed by atoms with Crippen molar-refractivity contribution in [2.45, 2.75) is 182 Å².